The van der Waals surface area contributed by atoms with Gasteiger partial charge >= 0.3 is 5.97 Å². The Labute approximate surface area is 138 Å². The minimum Gasteiger partial charge on any atom is -0.469 e. The van der Waals surface area contributed by atoms with Crippen molar-refractivity contribution in [3.05, 3.63) is 0 Å². The summed E-state index contributed by atoms with van der Waals surface area (Å²) >= 11 is 0. The fourth-order valence-corrected chi connectivity index (χ4v) is 1.95. The number of esters is 1. The molecule has 136 valence electrons. The third kappa shape index (κ3) is 12.3. The lowest BCUT2D eigenvalue weighted by atomic mass is 10.2. The van der Waals surface area contributed by atoms with Gasteiger partial charge < -0.3 is 34.3 Å². The molecule has 0 aromatic heterocycles. The predicted molar refractivity (Wildman–Crippen MR) is 84.6 cm³/mol. The van der Waals surface area contributed by atoms with Crippen LogP contribution in [0.25, 0.3) is 0 Å². The molecule has 0 aromatic rings. The number of methoxy groups -OCH3 is 1. The Balaban J connectivity index is 2.28. The second-order valence-electron chi connectivity index (χ2n) is 5.07. The SMILES string of the molecule is COC(=O)C[C@@H]1COCCNCCOCCOCCNCCO1. The van der Waals surface area contributed by atoms with Crippen molar-refractivity contribution in [2.75, 3.05) is 79.5 Å². The molecule has 2 N–H and O–H groups in total. The summed E-state index contributed by atoms with van der Waals surface area (Å²) in [5.41, 5.74) is 0. The Morgan fingerprint density at radius 2 is 1.48 bits per heavy atom. The van der Waals surface area contributed by atoms with Gasteiger partial charge in [0, 0.05) is 26.2 Å². The predicted octanol–water partition coefficient (Wildman–Crippen LogP) is -0.823. The van der Waals surface area contributed by atoms with Crippen LogP contribution >= 0.6 is 0 Å². The highest BCUT2D eigenvalue weighted by molar-refractivity contribution is 5.69. The molecule has 0 saturated carbocycles. The molecule has 0 amide bonds. The van der Waals surface area contributed by atoms with Crippen LogP contribution in [0.5, 0.6) is 0 Å². The zero-order chi connectivity index (χ0) is 16.6. The Bertz CT molecular complexity index is 275. The summed E-state index contributed by atoms with van der Waals surface area (Å²) in [5, 5.41) is 6.44. The Morgan fingerprint density at radius 3 is 2.09 bits per heavy atom. The first-order valence-corrected chi connectivity index (χ1v) is 8.16. The van der Waals surface area contributed by atoms with Crippen molar-refractivity contribution in [3.8, 4) is 0 Å². The molecule has 1 fully saturated rings. The molecule has 8 heteroatoms. The second kappa shape index (κ2) is 14.8. The lowest BCUT2D eigenvalue weighted by Crippen LogP contribution is -2.31. The van der Waals surface area contributed by atoms with Gasteiger partial charge in [0.1, 0.15) is 0 Å². The largest absolute Gasteiger partial charge is 0.469 e. The summed E-state index contributed by atoms with van der Waals surface area (Å²) in [7, 11) is 1.37. The van der Waals surface area contributed by atoms with Crippen molar-refractivity contribution in [3.63, 3.8) is 0 Å². The van der Waals surface area contributed by atoms with E-state index in [4.69, 9.17) is 18.9 Å². The molecule has 23 heavy (non-hydrogen) atoms. The fraction of sp³-hybridized carbons (Fsp3) is 0.933. The molecule has 1 aliphatic rings. The van der Waals surface area contributed by atoms with Crippen LogP contribution in [0.15, 0.2) is 0 Å². The highest BCUT2D eigenvalue weighted by Crippen LogP contribution is 2.01. The summed E-state index contributed by atoms with van der Waals surface area (Å²) < 4.78 is 26.8. The van der Waals surface area contributed by atoms with Gasteiger partial charge in [-0.1, -0.05) is 0 Å². The van der Waals surface area contributed by atoms with E-state index < -0.39 is 0 Å². The Morgan fingerprint density at radius 1 is 0.913 bits per heavy atom. The van der Waals surface area contributed by atoms with E-state index in [0.717, 1.165) is 19.6 Å². The Hall–Kier alpha value is -0.770. The van der Waals surface area contributed by atoms with E-state index in [2.05, 4.69) is 15.4 Å². The molecular formula is C15H30N2O6. The van der Waals surface area contributed by atoms with Crippen LogP contribution in [0.2, 0.25) is 0 Å². The van der Waals surface area contributed by atoms with Crippen molar-refractivity contribution >= 4 is 5.97 Å². The summed E-state index contributed by atoms with van der Waals surface area (Å²) in [4.78, 5) is 11.4. The van der Waals surface area contributed by atoms with E-state index in [9.17, 15) is 4.79 Å². The molecule has 0 radical (unpaired) electrons. The molecule has 0 bridgehead atoms. The number of carbonyl (C=O) groups is 1. The van der Waals surface area contributed by atoms with Gasteiger partial charge in [0.05, 0.1) is 65.9 Å². The average molecular weight is 334 g/mol. The zero-order valence-electron chi connectivity index (χ0n) is 14.0. The van der Waals surface area contributed by atoms with Crippen LogP contribution in [-0.2, 0) is 28.5 Å². The lowest BCUT2D eigenvalue weighted by Gasteiger charge is -2.18. The Kier molecular flexibility index (Phi) is 13.0. The number of hydrogen-bond acceptors (Lipinski definition) is 8. The van der Waals surface area contributed by atoms with Crippen LogP contribution in [0, 0.1) is 0 Å². The van der Waals surface area contributed by atoms with Crippen LogP contribution in [0.1, 0.15) is 6.42 Å². The van der Waals surface area contributed by atoms with E-state index in [1.165, 1.54) is 7.11 Å². The third-order valence-corrected chi connectivity index (χ3v) is 3.20. The van der Waals surface area contributed by atoms with Crippen molar-refractivity contribution in [1.29, 1.82) is 0 Å². The van der Waals surface area contributed by atoms with Gasteiger partial charge in [-0.2, -0.15) is 0 Å². The first kappa shape index (κ1) is 20.3. The van der Waals surface area contributed by atoms with Crippen molar-refractivity contribution in [2.45, 2.75) is 12.5 Å². The van der Waals surface area contributed by atoms with E-state index >= 15 is 0 Å². The van der Waals surface area contributed by atoms with Crippen molar-refractivity contribution < 1.29 is 28.5 Å². The van der Waals surface area contributed by atoms with E-state index in [0.29, 0.717) is 52.8 Å². The van der Waals surface area contributed by atoms with Crippen LogP contribution in [0.4, 0.5) is 0 Å². The van der Waals surface area contributed by atoms with Gasteiger partial charge in [-0.3, -0.25) is 4.79 Å². The summed E-state index contributed by atoms with van der Waals surface area (Å²) in [6.07, 6.45) is -0.0938. The van der Waals surface area contributed by atoms with Gasteiger partial charge in [-0.25, -0.2) is 0 Å². The van der Waals surface area contributed by atoms with Gasteiger partial charge in [-0.15, -0.1) is 0 Å². The maximum atomic E-state index is 11.4. The third-order valence-electron chi connectivity index (χ3n) is 3.20. The van der Waals surface area contributed by atoms with Gasteiger partial charge in [-0.05, 0) is 0 Å². The van der Waals surface area contributed by atoms with Crippen LogP contribution in [-0.4, -0.2) is 91.6 Å². The first-order valence-electron chi connectivity index (χ1n) is 8.16. The molecule has 8 nitrogen and oxygen atoms in total. The molecule has 1 saturated heterocycles. The fourth-order valence-electron chi connectivity index (χ4n) is 1.95. The molecule has 1 rings (SSSR count). The van der Waals surface area contributed by atoms with Crippen LogP contribution < -0.4 is 10.6 Å². The van der Waals surface area contributed by atoms with Gasteiger partial charge in [0.15, 0.2) is 0 Å². The number of carbonyl (C=O) groups excluding carboxylic acids is 1. The first-order chi connectivity index (χ1) is 11.3. The highest BCUT2D eigenvalue weighted by Gasteiger charge is 2.15. The molecule has 0 aliphatic carbocycles. The molecular weight excluding hydrogens is 304 g/mol. The number of nitrogens with one attached hydrogen (secondary N) is 2. The molecule has 1 heterocycles. The quantitative estimate of drug-likeness (QED) is 0.633. The number of ether oxygens (including phenoxy) is 5. The monoisotopic (exact) mass is 334 g/mol. The summed E-state index contributed by atoms with van der Waals surface area (Å²) in [5.74, 6) is -0.294. The molecule has 0 unspecified atom stereocenters. The average Bonchev–Trinajstić information content (AvgIpc) is 2.56. The topological polar surface area (TPSA) is 87.3 Å². The smallest absolute Gasteiger partial charge is 0.308 e. The normalized spacial score (nSPS) is 24.3. The maximum absolute atomic E-state index is 11.4. The minimum absolute atomic E-state index is 0.195. The zero-order valence-corrected chi connectivity index (χ0v) is 14.0. The minimum atomic E-state index is -0.294. The number of hydrogen-bond donors (Lipinski definition) is 2. The molecule has 1 aliphatic heterocycles. The maximum Gasteiger partial charge on any atom is 0.308 e. The molecule has 1 atom stereocenters. The lowest BCUT2D eigenvalue weighted by molar-refractivity contribution is -0.145. The summed E-state index contributed by atoms with van der Waals surface area (Å²) in [6, 6.07) is 0. The second-order valence-corrected chi connectivity index (χ2v) is 5.07. The van der Waals surface area contributed by atoms with Crippen molar-refractivity contribution in [2.24, 2.45) is 0 Å². The van der Waals surface area contributed by atoms with Gasteiger partial charge in [0.25, 0.3) is 0 Å². The molecule has 0 aromatic carbocycles. The van der Waals surface area contributed by atoms with E-state index in [1.54, 1.807) is 0 Å². The summed E-state index contributed by atoms with van der Waals surface area (Å²) in [6.45, 7) is 6.87. The van der Waals surface area contributed by atoms with Crippen LogP contribution in [0.3, 0.4) is 0 Å². The number of rotatable bonds is 2. The molecule has 0 spiro atoms. The van der Waals surface area contributed by atoms with Crippen molar-refractivity contribution in [1.82, 2.24) is 10.6 Å². The highest BCUT2D eigenvalue weighted by atomic mass is 16.5. The van der Waals surface area contributed by atoms with E-state index in [1.807, 2.05) is 0 Å². The van der Waals surface area contributed by atoms with Gasteiger partial charge in [0.2, 0.25) is 0 Å². The standard InChI is InChI=1S/C15H30N2O6/c1-19-15(18)12-14-13-22-8-4-16-2-6-20-10-11-21-7-3-17-5-9-23-14/h14,16-17H,2-13H2,1H3/t14-/m1/s1. The van der Waals surface area contributed by atoms with E-state index in [-0.39, 0.29) is 18.5 Å².